The number of carbonyl (C=O) groups is 2. The van der Waals surface area contributed by atoms with Gasteiger partial charge in [0.05, 0.1) is 16.6 Å². The second-order valence-electron chi connectivity index (χ2n) is 8.49. The van der Waals surface area contributed by atoms with Gasteiger partial charge in [0.1, 0.15) is 0 Å². The Bertz CT molecular complexity index is 914. The molecule has 1 aromatic carbocycles. The lowest BCUT2D eigenvalue weighted by Crippen LogP contribution is -2.44. The molecule has 0 spiro atoms. The van der Waals surface area contributed by atoms with Crippen LogP contribution in [0, 0.1) is 5.92 Å². The van der Waals surface area contributed by atoms with E-state index in [1.807, 2.05) is 40.6 Å². The molecule has 0 aliphatic carbocycles. The van der Waals surface area contributed by atoms with Gasteiger partial charge in [0, 0.05) is 49.9 Å². The number of hydrogen-bond donors (Lipinski definition) is 1. The van der Waals surface area contributed by atoms with E-state index in [4.69, 9.17) is 23.2 Å². The Morgan fingerprint density at radius 3 is 2.65 bits per heavy atom. The van der Waals surface area contributed by atoms with Gasteiger partial charge in [-0.15, -0.1) is 11.3 Å². The van der Waals surface area contributed by atoms with Crippen LogP contribution in [0.3, 0.4) is 0 Å². The monoisotopic (exact) mass is 479 g/mol. The summed E-state index contributed by atoms with van der Waals surface area (Å²) in [6, 6.07) is 10.0. The largest absolute Gasteiger partial charge is 0.353 e. The molecule has 1 N–H and O–H groups in total. The topological polar surface area (TPSA) is 52.7 Å². The smallest absolute Gasteiger partial charge is 0.223 e. The molecule has 0 saturated carbocycles. The number of hydrogen-bond acceptors (Lipinski definition) is 4. The highest BCUT2D eigenvalue weighted by Gasteiger charge is 2.31. The van der Waals surface area contributed by atoms with Crippen molar-refractivity contribution in [3.8, 4) is 0 Å². The first-order chi connectivity index (χ1) is 15.0. The summed E-state index contributed by atoms with van der Waals surface area (Å²) in [5, 5.41) is 6.37. The van der Waals surface area contributed by atoms with Crippen molar-refractivity contribution in [2.24, 2.45) is 5.92 Å². The Kier molecular flexibility index (Phi) is 7.54. The number of nitrogens with one attached hydrogen (secondary N) is 1. The molecule has 2 saturated heterocycles. The number of benzene rings is 1. The molecular formula is C23H27Cl2N3O2S. The Morgan fingerprint density at radius 2 is 1.94 bits per heavy atom. The van der Waals surface area contributed by atoms with Crippen LogP contribution in [-0.2, 0) is 22.7 Å². The van der Waals surface area contributed by atoms with E-state index in [-0.39, 0.29) is 23.8 Å². The maximum absolute atomic E-state index is 12.6. The third-order valence-electron chi connectivity index (χ3n) is 6.04. The van der Waals surface area contributed by atoms with Crippen LogP contribution in [0.5, 0.6) is 0 Å². The van der Waals surface area contributed by atoms with Crippen molar-refractivity contribution in [2.75, 3.05) is 19.6 Å². The van der Waals surface area contributed by atoms with Crippen molar-refractivity contribution < 1.29 is 9.59 Å². The zero-order valence-electron chi connectivity index (χ0n) is 17.4. The van der Waals surface area contributed by atoms with Crippen LogP contribution in [0.1, 0.15) is 36.1 Å². The van der Waals surface area contributed by atoms with E-state index in [1.165, 1.54) is 4.88 Å². The van der Waals surface area contributed by atoms with E-state index >= 15 is 0 Å². The Morgan fingerprint density at radius 1 is 1.13 bits per heavy atom. The molecule has 5 nitrogen and oxygen atoms in total. The summed E-state index contributed by atoms with van der Waals surface area (Å²) in [7, 11) is 0. The first kappa shape index (κ1) is 22.6. The molecule has 1 unspecified atom stereocenters. The highest BCUT2D eigenvalue weighted by Crippen LogP contribution is 2.25. The third-order valence-corrected chi connectivity index (χ3v) is 7.64. The summed E-state index contributed by atoms with van der Waals surface area (Å²) in [5.41, 5.74) is 1.15. The van der Waals surface area contributed by atoms with Crippen molar-refractivity contribution in [2.45, 2.75) is 44.8 Å². The van der Waals surface area contributed by atoms with E-state index in [2.05, 4.69) is 10.2 Å². The van der Waals surface area contributed by atoms with Gasteiger partial charge in [0.2, 0.25) is 11.8 Å². The zero-order valence-corrected chi connectivity index (χ0v) is 19.7. The number of rotatable bonds is 7. The maximum Gasteiger partial charge on any atom is 0.223 e. The van der Waals surface area contributed by atoms with Gasteiger partial charge in [0.15, 0.2) is 0 Å². The maximum atomic E-state index is 12.6. The number of carbonyl (C=O) groups excluding carboxylic acids is 2. The highest BCUT2D eigenvalue weighted by atomic mass is 35.5. The molecule has 1 aromatic heterocycles. The molecule has 166 valence electrons. The number of piperidine rings is 1. The van der Waals surface area contributed by atoms with E-state index in [0.29, 0.717) is 36.0 Å². The number of halogens is 2. The van der Waals surface area contributed by atoms with Gasteiger partial charge in [0.25, 0.3) is 0 Å². The highest BCUT2D eigenvalue weighted by molar-refractivity contribution is 7.09. The standard InChI is InChI=1S/C23H27Cl2N3O2S/c24-20-4-3-16(10-21(20)25)13-27-7-5-18(6-8-27)26-22(29)11-17-12-23(30)28(14-17)15-19-2-1-9-31-19/h1-4,9-10,17-18H,5-8,11-15H2,(H,26,29). The molecule has 0 radical (unpaired) electrons. The van der Waals surface area contributed by atoms with Crippen molar-refractivity contribution >= 4 is 46.4 Å². The summed E-state index contributed by atoms with van der Waals surface area (Å²) in [6.45, 7) is 4.03. The number of thiophene rings is 1. The quantitative estimate of drug-likeness (QED) is 0.632. The average Bonchev–Trinajstić information content (AvgIpc) is 3.36. The normalized spacial score (nSPS) is 20.4. The second-order valence-corrected chi connectivity index (χ2v) is 10.3. The molecule has 0 bridgehead atoms. The first-order valence-electron chi connectivity index (χ1n) is 10.7. The predicted octanol–water partition coefficient (Wildman–Crippen LogP) is 4.57. The van der Waals surface area contributed by atoms with Gasteiger partial charge in [-0.2, -0.15) is 0 Å². The minimum absolute atomic E-state index is 0.0682. The van der Waals surface area contributed by atoms with Crippen LogP contribution in [0.25, 0.3) is 0 Å². The molecule has 2 aliphatic rings. The van der Waals surface area contributed by atoms with Crippen molar-refractivity contribution in [1.29, 1.82) is 0 Å². The van der Waals surface area contributed by atoms with E-state index < -0.39 is 0 Å². The van der Waals surface area contributed by atoms with Crippen molar-refractivity contribution in [1.82, 2.24) is 15.1 Å². The predicted molar refractivity (Wildman–Crippen MR) is 125 cm³/mol. The summed E-state index contributed by atoms with van der Waals surface area (Å²) in [5.74, 6) is 0.336. The fourth-order valence-corrected chi connectivity index (χ4v) is 5.45. The molecule has 2 fully saturated rings. The zero-order chi connectivity index (χ0) is 21.8. The van der Waals surface area contributed by atoms with Gasteiger partial charge in [-0.1, -0.05) is 35.3 Å². The molecule has 2 aromatic rings. The molecule has 8 heteroatoms. The number of likely N-dealkylation sites (tertiary alicyclic amines) is 2. The molecular weight excluding hydrogens is 453 g/mol. The Balaban J connectivity index is 1.18. The third kappa shape index (κ3) is 6.22. The summed E-state index contributed by atoms with van der Waals surface area (Å²) in [4.78, 5) is 30.3. The SMILES string of the molecule is O=C(CC1CC(=O)N(Cc2cccs2)C1)NC1CCN(Cc2ccc(Cl)c(Cl)c2)CC1. The van der Waals surface area contributed by atoms with E-state index in [1.54, 1.807) is 11.3 Å². The van der Waals surface area contributed by atoms with Crippen molar-refractivity contribution in [3.63, 3.8) is 0 Å². The second kappa shape index (κ2) is 10.3. The average molecular weight is 480 g/mol. The van der Waals surface area contributed by atoms with Crippen LogP contribution in [0.15, 0.2) is 35.7 Å². The first-order valence-corrected chi connectivity index (χ1v) is 12.4. The summed E-state index contributed by atoms with van der Waals surface area (Å²) in [6.07, 6.45) is 2.76. The Hall–Kier alpha value is -1.60. The van der Waals surface area contributed by atoms with Gasteiger partial charge < -0.3 is 10.2 Å². The lowest BCUT2D eigenvalue weighted by Gasteiger charge is -2.32. The van der Waals surface area contributed by atoms with Gasteiger partial charge in [-0.25, -0.2) is 0 Å². The van der Waals surface area contributed by atoms with Gasteiger partial charge in [-0.3, -0.25) is 14.5 Å². The van der Waals surface area contributed by atoms with Crippen LogP contribution < -0.4 is 5.32 Å². The fraction of sp³-hybridized carbons (Fsp3) is 0.478. The minimum Gasteiger partial charge on any atom is -0.353 e. The lowest BCUT2D eigenvalue weighted by molar-refractivity contribution is -0.128. The van der Waals surface area contributed by atoms with Crippen LogP contribution >= 0.6 is 34.5 Å². The minimum atomic E-state index is 0.0682. The molecule has 3 heterocycles. The van der Waals surface area contributed by atoms with Crippen molar-refractivity contribution in [3.05, 3.63) is 56.2 Å². The van der Waals surface area contributed by atoms with Crippen LogP contribution in [0.2, 0.25) is 10.0 Å². The molecule has 1 atom stereocenters. The van der Waals surface area contributed by atoms with E-state index in [0.717, 1.165) is 38.0 Å². The van der Waals surface area contributed by atoms with Gasteiger partial charge in [-0.05, 0) is 47.9 Å². The molecule has 31 heavy (non-hydrogen) atoms. The van der Waals surface area contributed by atoms with Crippen LogP contribution in [0.4, 0.5) is 0 Å². The molecule has 2 amide bonds. The van der Waals surface area contributed by atoms with Gasteiger partial charge >= 0.3 is 0 Å². The summed E-state index contributed by atoms with van der Waals surface area (Å²) >= 11 is 13.8. The number of nitrogens with zero attached hydrogens (tertiary/aromatic N) is 2. The fourth-order valence-electron chi connectivity index (χ4n) is 4.41. The Labute approximate surface area is 197 Å². The summed E-state index contributed by atoms with van der Waals surface area (Å²) < 4.78 is 0. The molecule has 2 aliphatic heterocycles. The van der Waals surface area contributed by atoms with Crippen LogP contribution in [-0.4, -0.2) is 47.3 Å². The number of amides is 2. The van der Waals surface area contributed by atoms with E-state index in [9.17, 15) is 9.59 Å². The lowest BCUT2D eigenvalue weighted by atomic mass is 10.0. The molecule has 4 rings (SSSR count).